The highest BCUT2D eigenvalue weighted by Gasteiger charge is 2.56. The minimum Gasteiger partial charge on any atom is -0.497 e. The first-order chi connectivity index (χ1) is 15.9. The van der Waals surface area contributed by atoms with Crippen LogP contribution in [0.1, 0.15) is 60.4 Å². The van der Waals surface area contributed by atoms with Crippen molar-refractivity contribution in [3.8, 4) is 5.75 Å². The number of hydrogen-bond donors (Lipinski definition) is 0. The maximum Gasteiger partial charge on any atom is 0.242 e. The molecule has 1 heterocycles. The van der Waals surface area contributed by atoms with Crippen LogP contribution in [0.3, 0.4) is 0 Å². The number of allylic oxidation sites excluding steroid dienone is 1. The van der Waals surface area contributed by atoms with Gasteiger partial charge in [-0.05, 0) is 73.2 Å². The molecule has 0 aromatic heterocycles. The molecule has 0 saturated heterocycles. The molecule has 1 aliphatic heterocycles. The van der Waals surface area contributed by atoms with Gasteiger partial charge in [0.1, 0.15) is 5.75 Å². The zero-order valence-corrected chi connectivity index (χ0v) is 20.1. The minimum absolute atomic E-state index is 0.0292. The molecule has 1 unspecified atom stereocenters. The number of rotatable bonds is 5. The Bertz CT molecular complexity index is 1250. The summed E-state index contributed by atoms with van der Waals surface area (Å²) in [6.07, 6.45) is 1.56. The van der Waals surface area contributed by atoms with Gasteiger partial charge in [-0.2, -0.15) is 0 Å². The number of nitrogens with zero attached hydrogens (tertiary/aromatic N) is 1. The van der Waals surface area contributed by atoms with Gasteiger partial charge in [0.25, 0.3) is 0 Å². The molecule has 0 N–H and O–H groups in total. The summed E-state index contributed by atoms with van der Waals surface area (Å²) in [5, 5.41) is 0. The normalized spacial score (nSPS) is 18.5. The van der Waals surface area contributed by atoms with E-state index in [1.165, 1.54) is 33.4 Å². The predicted molar refractivity (Wildman–Crippen MR) is 135 cm³/mol. The van der Waals surface area contributed by atoms with E-state index in [1.54, 1.807) is 7.11 Å². The third-order valence-electron chi connectivity index (χ3n) is 7.60. The molecule has 33 heavy (non-hydrogen) atoms. The molecule has 0 fully saturated rings. The van der Waals surface area contributed by atoms with Crippen LogP contribution in [0, 0.1) is 19.3 Å². The number of hydrogen-bond acceptors (Lipinski definition) is 2. The lowest BCUT2D eigenvalue weighted by molar-refractivity contribution is -0.124. The van der Waals surface area contributed by atoms with Gasteiger partial charge < -0.3 is 4.74 Å². The number of anilines is 1. The highest BCUT2D eigenvalue weighted by atomic mass is 16.5. The number of methoxy groups -OCH3 is 1. The molecular weight excluding hydrogens is 406 g/mol. The standard InChI is InChI=1S/C30H31NO2/c1-6-30(7-2)27-24-17-10-20(4)18-25(24)26(21-11-8-19(3)9-12-21)28(27)31(29(30)32)22-13-15-23(33-5)16-14-22/h8-18,26H,6-7H2,1-5H3. The molecule has 1 amide bonds. The van der Waals surface area contributed by atoms with Crippen LogP contribution in [-0.2, 0) is 4.79 Å². The van der Waals surface area contributed by atoms with Gasteiger partial charge in [-0.1, -0.05) is 67.4 Å². The molecule has 1 atom stereocenters. The van der Waals surface area contributed by atoms with Crippen LogP contribution in [0.15, 0.2) is 72.4 Å². The molecule has 0 radical (unpaired) electrons. The Morgan fingerprint density at radius 3 is 2.12 bits per heavy atom. The van der Waals surface area contributed by atoms with Gasteiger partial charge in [0.2, 0.25) is 5.91 Å². The third-order valence-corrected chi connectivity index (χ3v) is 7.60. The molecule has 0 saturated carbocycles. The van der Waals surface area contributed by atoms with E-state index in [2.05, 4.69) is 70.2 Å². The topological polar surface area (TPSA) is 29.5 Å². The zero-order valence-electron chi connectivity index (χ0n) is 20.1. The van der Waals surface area contributed by atoms with E-state index in [0.29, 0.717) is 0 Å². The molecule has 3 heteroatoms. The Morgan fingerprint density at radius 1 is 0.879 bits per heavy atom. The minimum atomic E-state index is -0.515. The van der Waals surface area contributed by atoms with Crippen LogP contribution in [0.4, 0.5) is 5.69 Å². The highest BCUT2D eigenvalue weighted by Crippen LogP contribution is 2.61. The maximum atomic E-state index is 14.2. The van der Waals surface area contributed by atoms with E-state index in [1.807, 2.05) is 29.2 Å². The summed E-state index contributed by atoms with van der Waals surface area (Å²) in [4.78, 5) is 16.2. The van der Waals surface area contributed by atoms with Crippen molar-refractivity contribution in [1.82, 2.24) is 0 Å². The van der Waals surface area contributed by atoms with Gasteiger partial charge in [-0.25, -0.2) is 0 Å². The van der Waals surface area contributed by atoms with E-state index in [4.69, 9.17) is 4.74 Å². The van der Waals surface area contributed by atoms with E-state index < -0.39 is 5.41 Å². The van der Waals surface area contributed by atoms with Crippen molar-refractivity contribution >= 4 is 17.2 Å². The number of ether oxygens (including phenoxy) is 1. The third kappa shape index (κ3) is 3.06. The van der Waals surface area contributed by atoms with Crippen molar-refractivity contribution in [2.24, 2.45) is 5.41 Å². The fourth-order valence-corrected chi connectivity index (χ4v) is 5.74. The molecule has 3 nitrogen and oxygen atoms in total. The molecule has 3 aromatic carbocycles. The van der Waals surface area contributed by atoms with Gasteiger partial charge in [0, 0.05) is 11.4 Å². The summed E-state index contributed by atoms with van der Waals surface area (Å²) in [6, 6.07) is 23.4. The van der Waals surface area contributed by atoms with Gasteiger partial charge in [-0.15, -0.1) is 0 Å². The van der Waals surface area contributed by atoms with E-state index in [0.717, 1.165) is 30.0 Å². The van der Waals surface area contributed by atoms with E-state index >= 15 is 0 Å². The molecule has 5 rings (SSSR count). The Labute approximate surface area is 196 Å². The van der Waals surface area contributed by atoms with Crippen LogP contribution in [0.2, 0.25) is 0 Å². The molecule has 0 bridgehead atoms. The lowest BCUT2D eigenvalue weighted by atomic mass is 9.74. The van der Waals surface area contributed by atoms with Gasteiger partial charge in [-0.3, -0.25) is 9.69 Å². The number of carbonyl (C=O) groups excluding carboxylic acids is 1. The average molecular weight is 438 g/mol. The van der Waals surface area contributed by atoms with Crippen molar-refractivity contribution < 1.29 is 9.53 Å². The van der Waals surface area contributed by atoms with Crippen molar-refractivity contribution in [3.63, 3.8) is 0 Å². The Kier molecular flexibility index (Phi) is 5.16. The first-order valence-electron chi connectivity index (χ1n) is 11.9. The fourth-order valence-electron chi connectivity index (χ4n) is 5.74. The van der Waals surface area contributed by atoms with Crippen molar-refractivity contribution in [1.29, 1.82) is 0 Å². The fraction of sp³-hybridized carbons (Fsp3) is 0.300. The van der Waals surface area contributed by atoms with Gasteiger partial charge in [0.05, 0.1) is 18.4 Å². The second kappa shape index (κ2) is 7.91. The first-order valence-corrected chi connectivity index (χ1v) is 11.9. The number of aryl methyl sites for hydroxylation is 2. The number of fused-ring (bicyclic) bond motifs is 2. The Morgan fingerprint density at radius 2 is 1.52 bits per heavy atom. The van der Waals surface area contributed by atoms with Crippen molar-refractivity contribution in [2.75, 3.05) is 12.0 Å². The van der Waals surface area contributed by atoms with Crippen LogP contribution in [-0.4, -0.2) is 13.0 Å². The van der Waals surface area contributed by atoms with Gasteiger partial charge >= 0.3 is 0 Å². The van der Waals surface area contributed by atoms with Crippen LogP contribution < -0.4 is 9.64 Å². The quantitative estimate of drug-likeness (QED) is 0.429. The van der Waals surface area contributed by atoms with Crippen molar-refractivity contribution in [2.45, 2.75) is 46.5 Å². The number of amides is 1. The molecule has 0 spiro atoms. The summed E-state index contributed by atoms with van der Waals surface area (Å²) >= 11 is 0. The largest absolute Gasteiger partial charge is 0.497 e. The number of carbonyl (C=O) groups is 1. The molecular formula is C30H31NO2. The summed E-state index contributed by atoms with van der Waals surface area (Å²) in [7, 11) is 1.67. The van der Waals surface area contributed by atoms with Crippen LogP contribution in [0.5, 0.6) is 5.75 Å². The SMILES string of the molecule is CCC1(CC)C(=O)N(c2ccc(OC)cc2)C2=C1c1ccc(C)cc1C2c1ccc(C)cc1. The van der Waals surface area contributed by atoms with Crippen LogP contribution in [0.25, 0.3) is 5.57 Å². The van der Waals surface area contributed by atoms with E-state index in [-0.39, 0.29) is 11.8 Å². The summed E-state index contributed by atoms with van der Waals surface area (Å²) in [5.41, 5.74) is 8.97. The molecule has 1 aliphatic carbocycles. The maximum absolute atomic E-state index is 14.2. The number of benzene rings is 3. The lowest BCUT2D eigenvalue weighted by Crippen LogP contribution is -2.38. The van der Waals surface area contributed by atoms with Crippen molar-refractivity contribution in [3.05, 3.63) is 100 Å². The monoisotopic (exact) mass is 437 g/mol. The van der Waals surface area contributed by atoms with E-state index in [9.17, 15) is 4.79 Å². The zero-order chi connectivity index (χ0) is 23.3. The first kappa shape index (κ1) is 21.5. The Balaban J connectivity index is 1.80. The molecule has 2 aliphatic rings. The summed E-state index contributed by atoms with van der Waals surface area (Å²) < 4.78 is 5.38. The van der Waals surface area contributed by atoms with Gasteiger partial charge in [0.15, 0.2) is 0 Å². The lowest BCUT2D eigenvalue weighted by Gasteiger charge is -2.32. The smallest absolute Gasteiger partial charge is 0.242 e. The predicted octanol–water partition coefficient (Wildman–Crippen LogP) is 7.02. The molecule has 3 aromatic rings. The second-order valence-electron chi connectivity index (χ2n) is 9.32. The second-order valence-corrected chi connectivity index (χ2v) is 9.32. The Hall–Kier alpha value is -3.33. The van der Waals surface area contributed by atoms with Crippen LogP contribution >= 0.6 is 0 Å². The molecule has 168 valence electrons. The summed E-state index contributed by atoms with van der Waals surface area (Å²) in [6.45, 7) is 8.56. The highest BCUT2D eigenvalue weighted by molar-refractivity contribution is 6.16. The summed E-state index contributed by atoms with van der Waals surface area (Å²) in [5.74, 6) is 1.00. The average Bonchev–Trinajstić information content (AvgIpc) is 3.28.